The first-order valence-electron chi connectivity index (χ1n) is 8.58. The fourth-order valence-corrected chi connectivity index (χ4v) is 2.95. The van der Waals surface area contributed by atoms with Gasteiger partial charge < -0.3 is 15.4 Å². The van der Waals surface area contributed by atoms with Gasteiger partial charge in [0.2, 0.25) is 5.91 Å². The van der Waals surface area contributed by atoms with E-state index in [1.807, 2.05) is 53.4 Å². The number of pyridine rings is 1. The van der Waals surface area contributed by atoms with Crippen molar-refractivity contribution in [2.24, 2.45) is 5.73 Å². The van der Waals surface area contributed by atoms with Gasteiger partial charge >= 0.3 is 0 Å². The summed E-state index contributed by atoms with van der Waals surface area (Å²) >= 11 is 0. The maximum absolute atomic E-state index is 12.3. The van der Waals surface area contributed by atoms with Crippen LogP contribution in [0.1, 0.15) is 24.1 Å². The second-order valence-electron chi connectivity index (χ2n) is 6.08. The number of hydrogen-bond acceptors (Lipinski definition) is 4. The molecule has 25 heavy (non-hydrogen) atoms. The number of hydrogen-bond donors (Lipinski definition) is 1. The lowest BCUT2D eigenvalue weighted by atomic mass is 10.2. The van der Waals surface area contributed by atoms with Gasteiger partial charge in [-0.2, -0.15) is 0 Å². The monoisotopic (exact) mass is 337 g/mol. The molecule has 1 aliphatic heterocycles. The van der Waals surface area contributed by atoms with E-state index < -0.39 is 0 Å². The second-order valence-corrected chi connectivity index (χ2v) is 6.08. The number of ether oxygens (including phenoxy) is 1. The molecular formula is C20H23N3O2. The summed E-state index contributed by atoms with van der Waals surface area (Å²) in [6.07, 6.45) is 7.23. The molecule has 1 unspecified atom stereocenters. The Hall–Kier alpha value is -2.66. The zero-order chi connectivity index (χ0) is 17.5. The normalized spacial score (nSPS) is 17.2. The fraction of sp³-hybridized carbons (Fsp3) is 0.300. The van der Waals surface area contributed by atoms with Crippen LogP contribution in [0.25, 0.3) is 6.08 Å². The molecule has 1 aromatic carbocycles. The summed E-state index contributed by atoms with van der Waals surface area (Å²) in [6.45, 7) is 1.76. The van der Waals surface area contributed by atoms with Gasteiger partial charge in [-0.15, -0.1) is 0 Å². The largest absolute Gasteiger partial charge is 0.487 e. The van der Waals surface area contributed by atoms with Crippen molar-refractivity contribution in [1.82, 2.24) is 9.88 Å². The highest BCUT2D eigenvalue weighted by molar-refractivity contribution is 5.92. The van der Waals surface area contributed by atoms with Crippen LogP contribution in [0, 0.1) is 0 Å². The van der Waals surface area contributed by atoms with E-state index in [4.69, 9.17) is 10.5 Å². The predicted molar refractivity (Wildman–Crippen MR) is 97.8 cm³/mol. The Labute approximate surface area is 148 Å². The van der Waals surface area contributed by atoms with Gasteiger partial charge in [-0.3, -0.25) is 9.78 Å². The van der Waals surface area contributed by atoms with Crippen LogP contribution in [-0.4, -0.2) is 34.9 Å². The van der Waals surface area contributed by atoms with Crippen LogP contribution < -0.4 is 10.5 Å². The molecule has 0 spiro atoms. The first kappa shape index (κ1) is 17.2. The fourth-order valence-electron chi connectivity index (χ4n) is 2.95. The highest BCUT2D eigenvalue weighted by atomic mass is 16.5. The summed E-state index contributed by atoms with van der Waals surface area (Å²) < 4.78 is 5.71. The van der Waals surface area contributed by atoms with Crippen LogP contribution in [0.3, 0.4) is 0 Å². The standard InChI is InChI=1S/C20H23N3O2/c21-14-18-5-3-13-23(18)20(24)11-8-16-6-9-19(10-7-16)25-15-17-4-1-2-12-22-17/h1-2,4,6-12,18H,3,5,13-15,21H2/b11-8+. The highest BCUT2D eigenvalue weighted by Crippen LogP contribution is 2.18. The Balaban J connectivity index is 1.54. The second kappa shape index (κ2) is 8.44. The molecule has 2 N–H and O–H groups in total. The third-order valence-corrected chi connectivity index (χ3v) is 4.34. The SMILES string of the molecule is NCC1CCCN1C(=O)/C=C/c1ccc(OCc2ccccn2)cc1. The molecule has 1 aliphatic rings. The van der Waals surface area contributed by atoms with Gasteiger partial charge in [0.25, 0.3) is 0 Å². The first-order valence-corrected chi connectivity index (χ1v) is 8.58. The zero-order valence-electron chi connectivity index (χ0n) is 14.2. The number of carbonyl (C=O) groups excluding carboxylic acids is 1. The van der Waals surface area contributed by atoms with Crippen molar-refractivity contribution in [3.05, 3.63) is 66.0 Å². The summed E-state index contributed by atoms with van der Waals surface area (Å²) in [5, 5.41) is 0. The minimum Gasteiger partial charge on any atom is -0.487 e. The van der Waals surface area contributed by atoms with Gasteiger partial charge in [-0.25, -0.2) is 0 Å². The number of likely N-dealkylation sites (tertiary alicyclic amines) is 1. The van der Waals surface area contributed by atoms with Crippen LogP contribution in [-0.2, 0) is 11.4 Å². The van der Waals surface area contributed by atoms with E-state index in [0.29, 0.717) is 13.2 Å². The molecule has 5 nitrogen and oxygen atoms in total. The molecule has 0 bridgehead atoms. The number of aromatic nitrogens is 1. The molecule has 3 rings (SSSR count). The van der Waals surface area contributed by atoms with Gasteiger partial charge in [0.05, 0.1) is 5.69 Å². The van der Waals surface area contributed by atoms with Gasteiger partial charge in [0, 0.05) is 31.4 Å². The minimum absolute atomic E-state index is 0.0310. The molecule has 0 saturated carbocycles. The summed E-state index contributed by atoms with van der Waals surface area (Å²) in [4.78, 5) is 18.4. The van der Waals surface area contributed by atoms with Gasteiger partial charge in [0.15, 0.2) is 0 Å². The van der Waals surface area contributed by atoms with Crippen LogP contribution in [0.5, 0.6) is 5.75 Å². The molecule has 1 amide bonds. The molecule has 0 radical (unpaired) electrons. The van der Waals surface area contributed by atoms with Gasteiger partial charge in [0.1, 0.15) is 12.4 Å². The van der Waals surface area contributed by atoms with Crippen molar-refractivity contribution >= 4 is 12.0 Å². The maximum Gasteiger partial charge on any atom is 0.246 e. The van der Waals surface area contributed by atoms with Crippen molar-refractivity contribution < 1.29 is 9.53 Å². The molecule has 1 atom stereocenters. The Morgan fingerprint density at radius 3 is 2.84 bits per heavy atom. The molecular weight excluding hydrogens is 314 g/mol. The summed E-state index contributed by atoms with van der Waals surface area (Å²) in [5.41, 5.74) is 7.57. The Kier molecular flexibility index (Phi) is 5.80. The lowest BCUT2D eigenvalue weighted by Gasteiger charge is -2.21. The van der Waals surface area contributed by atoms with Crippen molar-refractivity contribution in [3.8, 4) is 5.75 Å². The number of rotatable bonds is 6. The quantitative estimate of drug-likeness (QED) is 0.823. The van der Waals surface area contributed by atoms with E-state index in [-0.39, 0.29) is 11.9 Å². The van der Waals surface area contributed by atoms with E-state index in [2.05, 4.69) is 4.98 Å². The van der Waals surface area contributed by atoms with E-state index >= 15 is 0 Å². The third kappa shape index (κ3) is 4.67. The minimum atomic E-state index is 0.0310. The van der Waals surface area contributed by atoms with Crippen molar-refractivity contribution in [3.63, 3.8) is 0 Å². The first-order chi connectivity index (χ1) is 12.3. The van der Waals surface area contributed by atoms with Crippen molar-refractivity contribution in [1.29, 1.82) is 0 Å². The van der Waals surface area contributed by atoms with E-state index in [0.717, 1.165) is 36.4 Å². The summed E-state index contributed by atoms with van der Waals surface area (Å²) in [6, 6.07) is 13.6. The van der Waals surface area contributed by atoms with Crippen LogP contribution >= 0.6 is 0 Å². The topological polar surface area (TPSA) is 68.5 Å². The van der Waals surface area contributed by atoms with Gasteiger partial charge in [-0.05, 0) is 48.7 Å². The average molecular weight is 337 g/mol. The lowest BCUT2D eigenvalue weighted by Crippen LogP contribution is -2.38. The van der Waals surface area contributed by atoms with Crippen molar-refractivity contribution in [2.45, 2.75) is 25.5 Å². The Bertz CT molecular complexity index is 713. The van der Waals surface area contributed by atoms with Crippen LogP contribution in [0.4, 0.5) is 0 Å². The molecule has 130 valence electrons. The average Bonchev–Trinajstić information content (AvgIpc) is 3.15. The number of carbonyl (C=O) groups is 1. The van der Waals surface area contributed by atoms with E-state index in [1.54, 1.807) is 12.3 Å². The number of amides is 1. The number of nitrogens with two attached hydrogens (primary N) is 1. The third-order valence-electron chi connectivity index (χ3n) is 4.34. The predicted octanol–water partition coefficient (Wildman–Crippen LogP) is 2.62. The maximum atomic E-state index is 12.3. The van der Waals surface area contributed by atoms with Crippen LogP contribution in [0.15, 0.2) is 54.7 Å². The Morgan fingerprint density at radius 2 is 2.12 bits per heavy atom. The molecule has 1 fully saturated rings. The molecule has 1 aromatic heterocycles. The van der Waals surface area contributed by atoms with E-state index in [9.17, 15) is 4.79 Å². The van der Waals surface area contributed by atoms with E-state index in [1.165, 1.54) is 0 Å². The molecule has 1 saturated heterocycles. The highest BCUT2D eigenvalue weighted by Gasteiger charge is 2.25. The lowest BCUT2D eigenvalue weighted by molar-refractivity contribution is -0.126. The molecule has 0 aliphatic carbocycles. The molecule has 2 aromatic rings. The smallest absolute Gasteiger partial charge is 0.246 e. The molecule has 2 heterocycles. The summed E-state index contributed by atoms with van der Waals surface area (Å²) in [7, 11) is 0. The summed E-state index contributed by atoms with van der Waals surface area (Å²) in [5.74, 6) is 0.806. The van der Waals surface area contributed by atoms with Crippen molar-refractivity contribution in [2.75, 3.05) is 13.1 Å². The van der Waals surface area contributed by atoms with Crippen LogP contribution in [0.2, 0.25) is 0 Å². The number of nitrogens with zero attached hydrogens (tertiary/aromatic N) is 2. The van der Waals surface area contributed by atoms with Gasteiger partial charge in [-0.1, -0.05) is 18.2 Å². The Morgan fingerprint density at radius 1 is 1.28 bits per heavy atom. The molecule has 5 heteroatoms. The number of benzene rings is 1. The zero-order valence-corrected chi connectivity index (χ0v) is 14.2.